The van der Waals surface area contributed by atoms with Crippen LogP contribution in [0.2, 0.25) is 0 Å². The van der Waals surface area contributed by atoms with Crippen molar-refractivity contribution >= 4 is 28.7 Å². The van der Waals surface area contributed by atoms with Gasteiger partial charge in [-0.3, -0.25) is 0 Å². The van der Waals surface area contributed by atoms with Gasteiger partial charge in [-0.15, -0.1) is 0 Å². The number of carbonyl (C=O) groups excluding carboxylic acids is 1. The molecule has 0 radical (unpaired) electrons. The summed E-state index contributed by atoms with van der Waals surface area (Å²) in [6.07, 6.45) is 2.28. The molecule has 100 valence electrons. The number of rotatable bonds is 5. The number of carbonyl (C=O) groups is 1. The number of alkyl carbamates (subject to hydrolysis) is 1. The van der Waals surface area contributed by atoms with Crippen molar-refractivity contribution in [2.45, 2.75) is 57.8 Å². The van der Waals surface area contributed by atoms with E-state index in [1.165, 1.54) is 0 Å². The molecular weight excluding hydrogens is 333 g/mol. The van der Waals surface area contributed by atoms with Crippen LogP contribution >= 0.6 is 22.6 Å². The van der Waals surface area contributed by atoms with Gasteiger partial charge in [0.25, 0.3) is 0 Å². The van der Waals surface area contributed by atoms with Gasteiger partial charge in [0.15, 0.2) is 0 Å². The molecule has 1 atom stereocenters. The second kappa shape index (κ2) is 5.73. The van der Waals surface area contributed by atoms with Crippen molar-refractivity contribution in [2.75, 3.05) is 11.0 Å². The summed E-state index contributed by atoms with van der Waals surface area (Å²) in [5.41, 5.74) is -0.749. The van der Waals surface area contributed by atoms with Crippen LogP contribution in [0.15, 0.2) is 0 Å². The average molecular weight is 355 g/mol. The maximum Gasteiger partial charge on any atom is 0.407 e. The van der Waals surface area contributed by atoms with Crippen molar-refractivity contribution in [3.8, 4) is 0 Å². The van der Waals surface area contributed by atoms with Crippen LogP contribution in [-0.4, -0.2) is 34.4 Å². The fraction of sp³-hybridized carbons (Fsp3) is 0.917. The molecule has 0 heterocycles. The van der Waals surface area contributed by atoms with Crippen LogP contribution in [0, 0.1) is 0 Å². The van der Waals surface area contributed by atoms with Gasteiger partial charge in [0.1, 0.15) is 5.60 Å². The Morgan fingerprint density at radius 2 is 1.94 bits per heavy atom. The largest absolute Gasteiger partial charge is 0.444 e. The van der Waals surface area contributed by atoms with Crippen LogP contribution in [0.4, 0.5) is 4.79 Å². The molecule has 5 heteroatoms. The van der Waals surface area contributed by atoms with Crippen molar-refractivity contribution in [2.24, 2.45) is 0 Å². The zero-order valence-corrected chi connectivity index (χ0v) is 13.2. The minimum atomic E-state index is -0.456. The smallest absolute Gasteiger partial charge is 0.407 e. The van der Waals surface area contributed by atoms with Gasteiger partial charge in [-0.25, -0.2) is 4.79 Å². The zero-order valence-electron chi connectivity index (χ0n) is 11.0. The van der Waals surface area contributed by atoms with E-state index in [4.69, 9.17) is 9.47 Å². The average Bonchev–Trinajstić information content (AvgIpc) is 2.96. The van der Waals surface area contributed by atoms with E-state index in [0.717, 1.165) is 17.3 Å². The highest BCUT2D eigenvalue weighted by molar-refractivity contribution is 14.1. The molecule has 0 aromatic carbocycles. The first-order chi connectivity index (χ1) is 7.74. The highest BCUT2D eigenvalue weighted by Crippen LogP contribution is 2.29. The minimum Gasteiger partial charge on any atom is -0.444 e. The predicted molar refractivity (Wildman–Crippen MR) is 75.6 cm³/mol. The van der Waals surface area contributed by atoms with E-state index >= 15 is 0 Å². The normalized spacial score (nSPS) is 19.6. The Bertz CT molecular complexity index is 273. The molecule has 1 aliphatic carbocycles. The van der Waals surface area contributed by atoms with Crippen LogP contribution in [0.1, 0.15) is 40.5 Å². The van der Waals surface area contributed by atoms with Gasteiger partial charge in [-0.2, -0.15) is 0 Å². The second-order valence-electron chi connectivity index (χ2n) is 5.76. The zero-order chi connectivity index (χ0) is 13.1. The fourth-order valence-corrected chi connectivity index (χ4v) is 1.73. The SMILES string of the molecule is CC(C)(C)OC(=O)NCC(C)(CI)OC1CC1. The summed E-state index contributed by atoms with van der Waals surface area (Å²) in [6, 6.07) is 0. The Morgan fingerprint density at radius 1 is 1.35 bits per heavy atom. The standard InChI is InChI=1S/C12H22INO3/c1-11(2,3)17-10(15)14-8-12(4,7-13)16-9-5-6-9/h9H,5-8H2,1-4H3,(H,14,15). The summed E-state index contributed by atoms with van der Waals surface area (Å²) in [5, 5.41) is 2.77. The maximum absolute atomic E-state index is 11.5. The van der Waals surface area contributed by atoms with Crippen LogP contribution in [-0.2, 0) is 9.47 Å². The number of alkyl halides is 1. The molecule has 0 aromatic rings. The maximum atomic E-state index is 11.5. The Kier molecular flexibility index (Phi) is 5.07. The number of amides is 1. The van der Waals surface area contributed by atoms with Crippen LogP contribution in [0.5, 0.6) is 0 Å². The van der Waals surface area contributed by atoms with E-state index in [1.807, 2.05) is 27.7 Å². The lowest BCUT2D eigenvalue weighted by atomic mass is 10.1. The van der Waals surface area contributed by atoms with Crippen molar-refractivity contribution < 1.29 is 14.3 Å². The number of hydrogen-bond donors (Lipinski definition) is 1. The van der Waals surface area contributed by atoms with E-state index in [2.05, 4.69) is 27.9 Å². The molecule has 1 aliphatic rings. The number of ether oxygens (including phenoxy) is 2. The van der Waals surface area contributed by atoms with Gasteiger partial charge in [0.05, 0.1) is 18.2 Å². The summed E-state index contributed by atoms with van der Waals surface area (Å²) in [4.78, 5) is 11.5. The molecular formula is C12H22INO3. The number of hydrogen-bond acceptors (Lipinski definition) is 3. The van der Waals surface area contributed by atoms with Crippen LogP contribution < -0.4 is 5.32 Å². The third kappa shape index (κ3) is 6.45. The second-order valence-corrected chi connectivity index (χ2v) is 6.52. The number of nitrogens with one attached hydrogen (secondary N) is 1. The summed E-state index contributed by atoms with van der Waals surface area (Å²) < 4.78 is 11.9. The van der Waals surface area contributed by atoms with Gasteiger partial charge < -0.3 is 14.8 Å². The lowest BCUT2D eigenvalue weighted by Gasteiger charge is -2.29. The van der Waals surface area contributed by atoms with Crippen molar-refractivity contribution in [3.05, 3.63) is 0 Å². The first-order valence-electron chi connectivity index (χ1n) is 5.95. The molecule has 17 heavy (non-hydrogen) atoms. The summed E-state index contributed by atoms with van der Waals surface area (Å²) in [5.74, 6) is 0. The van der Waals surface area contributed by atoms with Crippen molar-refractivity contribution in [1.29, 1.82) is 0 Å². The topological polar surface area (TPSA) is 47.6 Å². The Labute approximate surface area is 117 Å². The first-order valence-corrected chi connectivity index (χ1v) is 7.47. The lowest BCUT2D eigenvalue weighted by molar-refractivity contribution is -0.0247. The van der Waals surface area contributed by atoms with Crippen molar-refractivity contribution in [1.82, 2.24) is 5.32 Å². The van der Waals surface area contributed by atoms with E-state index in [9.17, 15) is 4.79 Å². The summed E-state index contributed by atoms with van der Waals surface area (Å²) in [6.45, 7) is 8.07. The fourth-order valence-electron chi connectivity index (χ4n) is 1.28. The Morgan fingerprint density at radius 3 is 2.35 bits per heavy atom. The third-order valence-corrected chi connectivity index (χ3v) is 3.88. The molecule has 0 aliphatic heterocycles. The van der Waals surface area contributed by atoms with Crippen molar-refractivity contribution in [3.63, 3.8) is 0 Å². The molecule has 4 nitrogen and oxygen atoms in total. The monoisotopic (exact) mass is 355 g/mol. The van der Waals surface area contributed by atoms with Gasteiger partial charge in [-0.1, -0.05) is 22.6 Å². The number of halogens is 1. The molecule has 1 N–H and O–H groups in total. The van der Waals surface area contributed by atoms with E-state index in [-0.39, 0.29) is 11.7 Å². The predicted octanol–water partition coefficient (Wildman–Crippen LogP) is 2.88. The molecule has 0 bridgehead atoms. The molecule has 0 aromatic heterocycles. The van der Waals surface area contributed by atoms with Gasteiger partial charge >= 0.3 is 6.09 Å². The van der Waals surface area contributed by atoms with Gasteiger partial charge in [0.2, 0.25) is 0 Å². The summed E-state index contributed by atoms with van der Waals surface area (Å²) >= 11 is 2.29. The molecule has 0 saturated heterocycles. The minimum absolute atomic E-state index is 0.293. The lowest BCUT2D eigenvalue weighted by Crippen LogP contribution is -2.46. The first kappa shape index (κ1) is 15.0. The van der Waals surface area contributed by atoms with Gasteiger partial charge in [-0.05, 0) is 40.5 Å². The quantitative estimate of drug-likeness (QED) is 0.609. The molecule has 1 fully saturated rings. The Hall–Kier alpha value is -0.0400. The Balaban J connectivity index is 2.33. The van der Waals surface area contributed by atoms with Gasteiger partial charge in [0, 0.05) is 4.43 Å². The molecule has 1 amide bonds. The molecule has 1 rings (SSSR count). The highest BCUT2D eigenvalue weighted by Gasteiger charge is 2.34. The van der Waals surface area contributed by atoms with Crippen LogP contribution in [0.3, 0.4) is 0 Å². The molecule has 1 saturated carbocycles. The third-order valence-electron chi connectivity index (χ3n) is 2.26. The molecule has 0 spiro atoms. The van der Waals surface area contributed by atoms with E-state index in [1.54, 1.807) is 0 Å². The highest BCUT2D eigenvalue weighted by atomic mass is 127. The summed E-state index contributed by atoms with van der Waals surface area (Å²) in [7, 11) is 0. The van der Waals surface area contributed by atoms with E-state index in [0.29, 0.717) is 12.6 Å². The van der Waals surface area contributed by atoms with E-state index < -0.39 is 5.60 Å². The van der Waals surface area contributed by atoms with Crippen LogP contribution in [0.25, 0.3) is 0 Å². The molecule has 1 unspecified atom stereocenters.